The minimum Gasteiger partial charge on any atom is -0.396 e. The SMILES string of the molecule is C.CC(CCO)C(=[NH2+])[NH3+].CC(C[NH3+])CCO.CN(CCOP(=O)(Cl)Cl)C(=N)N.CN(CCOP(=O)(O)O)C(=N)N.O=P(Cl)(Cl)Cl. The van der Waals surface area contributed by atoms with Crippen molar-refractivity contribution >= 4 is 93.1 Å². The van der Waals surface area contributed by atoms with E-state index in [1.54, 1.807) is 7.05 Å². The Morgan fingerprint density at radius 3 is 1.40 bits per heavy atom. The Labute approximate surface area is 289 Å². The van der Waals surface area contributed by atoms with Crippen LogP contribution in [-0.4, -0.2) is 108 Å². The average Bonchev–Trinajstić information content (AvgIpc) is 2.82. The summed E-state index contributed by atoms with van der Waals surface area (Å²) in [6.07, 6.45) is -1.84. The third-order valence-corrected chi connectivity index (χ3v) is 6.07. The molecule has 0 aliphatic heterocycles. The van der Waals surface area contributed by atoms with E-state index in [1.807, 2.05) is 6.92 Å². The van der Waals surface area contributed by atoms with Gasteiger partial charge in [0.2, 0.25) is 0 Å². The molecule has 2 unspecified atom stereocenters. The first-order valence-corrected chi connectivity index (χ1v) is 21.6. The van der Waals surface area contributed by atoms with Gasteiger partial charge in [0.25, 0.3) is 0 Å². The van der Waals surface area contributed by atoms with Gasteiger partial charge in [0.15, 0.2) is 11.9 Å². The molecular weight excluding hydrogens is 768 g/mol. The van der Waals surface area contributed by atoms with E-state index >= 15 is 0 Å². The number of likely N-dealkylation sites (N-methyl/N-ethyl adjacent to an activating group) is 2. The van der Waals surface area contributed by atoms with Crippen LogP contribution >= 0.6 is 75.3 Å². The lowest BCUT2D eigenvalue weighted by Gasteiger charge is -2.16. The van der Waals surface area contributed by atoms with Crippen molar-refractivity contribution in [3.8, 4) is 0 Å². The van der Waals surface area contributed by atoms with Crippen molar-refractivity contribution in [2.75, 3.05) is 60.2 Å². The molecule has 26 heteroatoms. The number of rotatable bonds is 14. The van der Waals surface area contributed by atoms with Gasteiger partial charge >= 0.3 is 24.9 Å². The molecule has 0 saturated carbocycles. The van der Waals surface area contributed by atoms with Crippen molar-refractivity contribution in [3.63, 3.8) is 0 Å². The van der Waals surface area contributed by atoms with E-state index in [0.29, 0.717) is 24.9 Å². The molecule has 0 amide bonds. The topological polar surface area (TPSA) is 338 Å². The highest BCUT2D eigenvalue weighted by molar-refractivity contribution is 8.24. The molecule has 0 fully saturated rings. The van der Waals surface area contributed by atoms with E-state index < -0.39 is 19.1 Å². The lowest BCUT2D eigenvalue weighted by Crippen LogP contribution is -2.72. The number of hydrogen-bond acceptors (Lipinski definition) is 9. The third kappa shape index (κ3) is 67.2. The van der Waals surface area contributed by atoms with E-state index in [9.17, 15) is 13.7 Å². The predicted molar refractivity (Wildman–Crippen MR) is 184 cm³/mol. The number of nitrogens with zero attached hydrogens (tertiary/aromatic N) is 2. The van der Waals surface area contributed by atoms with Crippen LogP contribution in [0.5, 0.6) is 0 Å². The van der Waals surface area contributed by atoms with Gasteiger partial charge in [-0.25, -0.2) is 9.97 Å². The number of halogens is 5. The minimum absolute atomic E-state index is 0. The Bertz CT molecular complexity index is 866. The molecule has 0 radical (unpaired) electrons. The standard InChI is InChI=1S/C5H12N2O.C5H13NO.C4H10Cl2N3O2P.C4H12N3O4P.CH4.Cl3OP/c1-4(2-3-8)5(6)7;1-5(4-6)2-3-7;1-9(4(7)8)2-3-11-12(5,6)10;1-7(4(5)6)2-3-11-12(8,9)10;;1-5(2,3)4/h4,8H,2-3H2,1H3,(H3,6,7);5,7H,2-4,6H2,1H3;2-3H2,1H3,(H3,7,8);2-3H2,1H3,(H3,5,6)(H2,8,9,10);1H4;/p+3. The van der Waals surface area contributed by atoms with Crippen LogP contribution in [0.15, 0.2) is 0 Å². The second-order valence-electron chi connectivity index (χ2n) is 8.48. The summed E-state index contributed by atoms with van der Waals surface area (Å²) >= 11 is 24.0. The Hall–Kier alpha value is 0.0300. The number of amidine groups is 1. The lowest BCUT2D eigenvalue weighted by molar-refractivity contribution is -0.378. The third-order valence-electron chi connectivity index (χ3n) is 4.49. The van der Waals surface area contributed by atoms with Crippen LogP contribution in [-0.2, 0) is 22.7 Å². The second-order valence-corrected chi connectivity index (χ2v) is 20.6. The van der Waals surface area contributed by atoms with E-state index in [0.717, 1.165) is 19.4 Å². The van der Waals surface area contributed by atoms with Gasteiger partial charge in [-0.15, -0.1) is 0 Å². The fraction of sp³-hybridized carbons (Fsp3) is 0.842. The summed E-state index contributed by atoms with van der Waals surface area (Å²) in [6, 6.07) is 0. The summed E-state index contributed by atoms with van der Waals surface area (Å²) in [4.78, 5) is 19.2. The zero-order valence-corrected chi connectivity index (χ0v) is 31.6. The maximum Gasteiger partial charge on any atom is 0.469 e. The monoisotopic (exact) mass is 820 g/mol. The van der Waals surface area contributed by atoms with Crippen LogP contribution in [0.25, 0.3) is 0 Å². The lowest BCUT2D eigenvalue weighted by atomic mass is 10.1. The molecule has 18 nitrogen and oxygen atoms in total. The molecular formula is C19H54Cl5N9O9P3+3. The summed E-state index contributed by atoms with van der Waals surface area (Å²) in [5.74, 6) is 1.21. The van der Waals surface area contributed by atoms with E-state index in [4.69, 9.17) is 70.2 Å². The number of nitrogens with one attached hydrogen (secondary N) is 2. The zero-order chi connectivity index (χ0) is 36.3. The summed E-state index contributed by atoms with van der Waals surface area (Å²) in [6.45, 7) is 5.84. The smallest absolute Gasteiger partial charge is 0.396 e. The van der Waals surface area contributed by atoms with Crippen molar-refractivity contribution in [3.05, 3.63) is 0 Å². The molecule has 45 heavy (non-hydrogen) atoms. The number of quaternary nitrogens is 2. The number of phosphoric acid groups is 1. The highest BCUT2D eigenvalue weighted by Crippen LogP contribution is 2.61. The Morgan fingerprint density at radius 1 is 0.889 bits per heavy atom. The average molecular weight is 823 g/mol. The number of phosphoric ester groups is 1. The van der Waals surface area contributed by atoms with Crippen LogP contribution < -0.4 is 28.3 Å². The largest absolute Gasteiger partial charge is 0.469 e. The molecule has 0 aromatic heterocycles. The Balaban J connectivity index is -0.000000109. The van der Waals surface area contributed by atoms with Crippen molar-refractivity contribution < 1.29 is 59.6 Å². The molecule has 0 bridgehead atoms. The maximum absolute atomic E-state index is 10.6. The van der Waals surface area contributed by atoms with Crippen LogP contribution in [0.1, 0.15) is 34.1 Å². The fourth-order valence-electron chi connectivity index (χ4n) is 1.57. The van der Waals surface area contributed by atoms with Gasteiger partial charge in [0, 0.05) is 46.3 Å². The van der Waals surface area contributed by atoms with Gasteiger partial charge in [-0.2, -0.15) is 0 Å². The number of aliphatic hydroxyl groups is 2. The highest BCUT2D eigenvalue weighted by atomic mass is 36.0. The minimum atomic E-state index is -4.39. The fourth-order valence-corrected chi connectivity index (χ4v) is 2.59. The van der Waals surface area contributed by atoms with Gasteiger partial charge in [0.05, 0.1) is 25.7 Å². The number of hydrogen-bond donors (Lipinski definition) is 11. The number of guanidine groups is 2. The summed E-state index contributed by atoms with van der Waals surface area (Å²) in [5, 5.41) is 32.7. The van der Waals surface area contributed by atoms with Crippen molar-refractivity contribution in [2.24, 2.45) is 23.3 Å². The number of aliphatic hydroxyl groups excluding tert-OH is 2. The zero-order valence-electron chi connectivity index (χ0n) is 25.1. The summed E-state index contributed by atoms with van der Waals surface area (Å²) in [5.41, 5.74) is 17.4. The molecule has 0 spiro atoms. The first-order valence-electron chi connectivity index (χ1n) is 12.2. The maximum atomic E-state index is 10.6. The van der Waals surface area contributed by atoms with Gasteiger partial charge in [-0.1, -0.05) is 14.4 Å². The Morgan fingerprint density at radius 2 is 1.22 bits per heavy atom. The molecule has 0 aromatic rings. The van der Waals surface area contributed by atoms with Crippen molar-refractivity contribution in [1.82, 2.24) is 9.80 Å². The quantitative estimate of drug-likeness (QED) is 0.0644. The first-order chi connectivity index (χ1) is 19.6. The van der Waals surface area contributed by atoms with Gasteiger partial charge in [-0.3, -0.25) is 30.2 Å². The molecule has 18 N–H and O–H groups in total. The van der Waals surface area contributed by atoms with Crippen molar-refractivity contribution in [1.29, 1.82) is 10.8 Å². The molecule has 276 valence electrons. The van der Waals surface area contributed by atoms with E-state index in [1.165, 1.54) is 16.8 Å². The number of nitrogens with two attached hydrogens (primary N) is 3. The Kier molecular flexibility index (Phi) is 41.5. The molecule has 0 aromatic carbocycles. The highest BCUT2D eigenvalue weighted by Gasteiger charge is 2.15. The molecule has 2 atom stereocenters. The van der Waals surface area contributed by atoms with E-state index in [2.05, 4.69) is 61.2 Å². The molecule has 0 saturated heterocycles. The summed E-state index contributed by atoms with van der Waals surface area (Å²) in [7, 11) is -1.27. The molecule has 0 rings (SSSR count). The molecule has 0 aliphatic carbocycles. The summed E-state index contributed by atoms with van der Waals surface area (Å²) < 4.78 is 38.9. The second kappa shape index (κ2) is 32.6. The molecule has 0 aliphatic rings. The van der Waals surface area contributed by atoms with Crippen LogP contribution in [0.4, 0.5) is 0 Å². The van der Waals surface area contributed by atoms with Gasteiger partial charge in [-0.05, 0) is 76.0 Å². The van der Waals surface area contributed by atoms with Gasteiger partial charge in [0.1, 0.15) is 0 Å². The van der Waals surface area contributed by atoms with Crippen molar-refractivity contribution in [2.45, 2.75) is 34.1 Å². The first kappa shape index (κ1) is 57.3. The normalized spacial score (nSPS) is 11.9. The van der Waals surface area contributed by atoms with Crippen LogP contribution in [0.3, 0.4) is 0 Å². The van der Waals surface area contributed by atoms with Crippen LogP contribution in [0.2, 0.25) is 0 Å². The molecule has 0 heterocycles. The predicted octanol–water partition coefficient (Wildman–Crippen LogP) is 0.433. The van der Waals surface area contributed by atoms with Crippen LogP contribution in [0, 0.1) is 22.7 Å². The van der Waals surface area contributed by atoms with E-state index in [-0.39, 0.29) is 51.6 Å². The van der Waals surface area contributed by atoms with Gasteiger partial charge < -0.3 is 51.5 Å².